The molecule has 1 heterocycles. The summed E-state index contributed by atoms with van der Waals surface area (Å²) >= 11 is 0. The predicted octanol–water partition coefficient (Wildman–Crippen LogP) is 1.26. The van der Waals surface area contributed by atoms with Crippen molar-refractivity contribution in [1.29, 1.82) is 0 Å². The summed E-state index contributed by atoms with van der Waals surface area (Å²) in [5.74, 6) is -4.45. The van der Waals surface area contributed by atoms with E-state index in [4.69, 9.17) is 20.4 Å². The number of hydrogen-bond acceptors (Lipinski definition) is 6. The summed E-state index contributed by atoms with van der Waals surface area (Å²) in [5, 5.41) is 34.7. The molecule has 1 aliphatic carbocycles. The van der Waals surface area contributed by atoms with Crippen LogP contribution in [0, 0.1) is 11.7 Å². The van der Waals surface area contributed by atoms with Crippen molar-refractivity contribution in [2.45, 2.75) is 25.3 Å². The van der Waals surface area contributed by atoms with Gasteiger partial charge in [-0.3, -0.25) is 0 Å². The van der Waals surface area contributed by atoms with E-state index in [9.17, 15) is 23.6 Å². The smallest absolute Gasteiger partial charge is 0.328 e. The summed E-state index contributed by atoms with van der Waals surface area (Å²) in [6.07, 6.45) is 5.35. The van der Waals surface area contributed by atoms with Crippen molar-refractivity contribution in [3.8, 4) is 0 Å². The van der Waals surface area contributed by atoms with E-state index in [1.165, 1.54) is 12.0 Å². The number of nitrogens with one attached hydrogen (secondary N) is 1. The number of hydrogen-bond donors (Lipinski definition) is 5. The zero-order valence-corrected chi connectivity index (χ0v) is 18.7. The largest absolute Gasteiger partial charge is 0.478 e. The molecule has 2 aliphatic rings. The van der Waals surface area contributed by atoms with Crippen molar-refractivity contribution in [3.05, 3.63) is 59.4 Å². The fourth-order valence-corrected chi connectivity index (χ4v) is 3.74. The van der Waals surface area contributed by atoms with Gasteiger partial charge in [-0.05, 0) is 49.4 Å². The average molecular weight is 480 g/mol. The molecule has 2 unspecified atom stereocenters. The minimum absolute atomic E-state index is 0.0105. The lowest BCUT2D eigenvalue weighted by Gasteiger charge is -2.40. The Labute approximate surface area is 196 Å². The van der Waals surface area contributed by atoms with Gasteiger partial charge >= 0.3 is 23.9 Å². The number of nitrogens with zero attached hydrogens (tertiary/aromatic N) is 1. The molecule has 10 nitrogen and oxygen atoms in total. The van der Waals surface area contributed by atoms with Gasteiger partial charge in [0.2, 0.25) is 0 Å². The molecule has 2 atom stereocenters. The second-order valence-corrected chi connectivity index (χ2v) is 7.65. The van der Waals surface area contributed by atoms with Gasteiger partial charge in [0.1, 0.15) is 5.82 Å². The number of likely N-dealkylation sites (N-methyl/N-ethyl adjacent to an activating group) is 1. The van der Waals surface area contributed by atoms with Crippen LogP contribution in [0.2, 0.25) is 0 Å². The van der Waals surface area contributed by atoms with E-state index in [2.05, 4.69) is 23.3 Å². The number of benzene rings is 1. The standard InChI is InChI=1S/C15H21FN2.2C4H4O4/c1-18-8-7-17-10-15(18)12-6-5-11-3-2-4-14(16)13(11)9-12;2*5-3(6)1-2-4(7)8/h2-4,12,15,17H,5-10H2,1H3;2*1-2H,(H,5,6)(H,7,8)/b;2*2-1-. The second-order valence-electron chi connectivity index (χ2n) is 7.65. The van der Waals surface area contributed by atoms with Gasteiger partial charge < -0.3 is 30.6 Å². The summed E-state index contributed by atoms with van der Waals surface area (Å²) in [6, 6.07) is 6.08. The summed E-state index contributed by atoms with van der Waals surface area (Å²) in [4.78, 5) is 40.7. The van der Waals surface area contributed by atoms with Crippen LogP contribution in [0.1, 0.15) is 17.5 Å². The van der Waals surface area contributed by atoms with Crippen molar-refractivity contribution in [1.82, 2.24) is 10.2 Å². The Bertz CT molecular complexity index is 866. The van der Waals surface area contributed by atoms with Crippen LogP contribution in [0.15, 0.2) is 42.5 Å². The Kier molecular flexibility index (Phi) is 12.2. The van der Waals surface area contributed by atoms with Crippen LogP contribution in [0.4, 0.5) is 4.39 Å². The highest BCUT2D eigenvalue weighted by molar-refractivity contribution is 5.90. The van der Waals surface area contributed by atoms with Crippen molar-refractivity contribution < 1.29 is 44.0 Å². The maximum Gasteiger partial charge on any atom is 0.328 e. The van der Waals surface area contributed by atoms with E-state index in [0.717, 1.165) is 38.0 Å². The van der Waals surface area contributed by atoms with E-state index in [1.807, 2.05) is 6.07 Å². The van der Waals surface area contributed by atoms with E-state index in [1.54, 1.807) is 6.07 Å². The maximum absolute atomic E-state index is 13.9. The molecule has 1 saturated heterocycles. The lowest BCUT2D eigenvalue weighted by molar-refractivity contribution is -0.134. The van der Waals surface area contributed by atoms with E-state index in [0.29, 0.717) is 36.3 Å². The highest BCUT2D eigenvalue weighted by Crippen LogP contribution is 2.31. The van der Waals surface area contributed by atoms with Crippen LogP contribution in [0.25, 0.3) is 0 Å². The van der Waals surface area contributed by atoms with Crippen molar-refractivity contribution in [3.63, 3.8) is 0 Å². The molecule has 1 aromatic rings. The van der Waals surface area contributed by atoms with Gasteiger partial charge in [0.15, 0.2) is 0 Å². The van der Waals surface area contributed by atoms with Gasteiger partial charge in [0.05, 0.1) is 0 Å². The first kappa shape index (κ1) is 28.5. The third kappa shape index (κ3) is 10.8. The number of aliphatic carboxylic acids is 4. The molecule has 1 fully saturated rings. The number of carbonyl (C=O) groups is 4. The van der Waals surface area contributed by atoms with Crippen molar-refractivity contribution in [2.75, 3.05) is 26.7 Å². The first-order chi connectivity index (χ1) is 16.0. The van der Waals surface area contributed by atoms with Gasteiger partial charge in [0, 0.05) is 50.0 Å². The van der Waals surface area contributed by atoms with Crippen LogP contribution in [0.5, 0.6) is 0 Å². The van der Waals surface area contributed by atoms with Gasteiger partial charge in [-0.25, -0.2) is 23.6 Å². The third-order valence-electron chi connectivity index (χ3n) is 5.31. The van der Waals surface area contributed by atoms with Crippen LogP contribution in [0.3, 0.4) is 0 Å². The fourth-order valence-electron chi connectivity index (χ4n) is 3.74. The Morgan fingerprint density at radius 3 is 1.97 bits per heavy atom. The van der Waals surface area contributed by atoms with Gasteiger partial charge in [-0.2, -0.15) is 0 Å². The molecular formula is C23H29FN2O8. The molecule has 0 amide bonds. The molecule has 3 rings (SSSR count). The van der Waals surface area contributed by atoms with Crippen LogP contribution >= 0.6 is 0 Å². The number of aryl methyl sites for hydroxylation is 1. The first-order valence-electron chi connectivity index (χ1n) is 10.5. The average Bonchev–Trinajstić information content (AvgIpc) is 2.78. The summed E-state index contributed by atoms with van der Waals surface area (Å²) in [6.45, 7) is 3.22. The number of carboxylic acid groups (broad SMARTS) is 4. The topological polar surface area (TPSA) is 164 Å². The van der Waals surface area contributed by atoms with E-state index in [-0.39, 0.29) is 5.82 Å². The number of halogens is 1. The molecule has 186 valence electrons. The maximum atomic E-state index is 13.9. The third-order valence-corrected chi connectivity index (χ3v) is 5.31. The number of piperazine rings is 1. The first-order valence-corrected chi connectivity index (χ1v) is 10.5. The van der Waals surface area contributed by atoms with Crippen molar-refractivity contribution >= 4 is 23.9 Å². The molecule has 0 bridgehead atoms. The minimum atomic E-state index is -1.26. The summed E-state index contributed by atoms with van der Waals surface area (Å²) in [7, 11) is 2.20. The molecule has 11 heteroatoms. The molecule has 1 aliphatic heterocycles. The SMILES string of the molecule is CN1CCNCC1C1CCc2cccc(F)c2C1.O=C(O)/C=C\C(=O)O.O=C(O)/C=C\C(=O)O. The van der Waals surface area contributed by atoms with E-state index >= 15 is 0 Å². The molecule has 0 aromatic heterocycles. The summed E-state index contributed by atoms with van der Waals surface area (Å²) in [5.41, 5.74) is 2.19. The number of fused-ring (bicyclic) bond motifs is 1. The van der Waals surface area contributed by atoms with Gasteiger partial charge in [-0.15, -0.1) is 0 Å². The molecule has 1 aromatic carbocycles. The quantitative estimate of drug-likeness (QED) is 0.387. The molecule has 0 radical (unpaired) electrons. The number of carboxylic acids is 4. The van der Waals surface area contributed by atoms with Crippen molar-refractivity contribution in [2.24, 2.45) is 5.92 Å². The molecule has 0 spiro atoms. The summed E-state index contributed by atoms with van der Waals surface area (Å²) < 4.78 is 13.9. The zero-order valence-electron chi connectivity index (χ0n) is 18.7. The zero-order chi connectivity index (χ0) is 25.7. The molecule has 34 heavy (non-hydrogen) atoms. The Balaban J connectivity index is 0.000000304. The highest BCUT2D eigenvalue weighted by atomic mass is 19.1. The van der Waals surface area contributed by atoms with Crippen LogP contribution in [-0.2, 0) is 32.0 Å². The van der Waals surface area contributed by atoms with Crippen LogP contribution < -0.4 is 5.32 Å². The fraction of sp³-hybridized carbons (Fsp3) is 0.391. The van der Waals surface area contributed by atoms with Gasteiger partial charge in [-0.1, -0.05) is 12.1 Å². The lowest BCUT2D eigenvalue weighted by Crippen LogP contribution is -2.53. The molecule has 0 saturated carbocycles. The Morgan fingerprint density at radius 2 is 1.50 bits per heavy atom. The second kappa shape index (κ2) is 14.6. The molecule has 5 N–H and O–H groups in total. The van der Waals surface area contributed by atoms with Crippen LogP contribution in [-0.4, -0.2) is 81.9 Å². The monoisotopic (exact) mass is 480 g/mol. The molecular weight excluding hydrogens is 451 g/mol. The normalized spacial score (nSPS) is 19.8. The minimum Gasteiger partial charge on any atom is -0.478 e. The Morgan fingerprint density at radius 1 is 0.971 bits per heavy atom. The Hall–Kier alpha value is -3.57. The van der Waals surface area contributed by atoms with Gasteiger partial charge in [0.25, 0.3) is 0 Å². The highest BCUT2D eigenvalue weighted by Gasteiger charge is 2.31. The van der Waals surface area contributed by atoms with E-state index < -0.39 is 23.9 Å². The predicted molar refractivity (Wildman–Crippen MR) is 120 cm³/mol. The number of rotatable bonds is 5. The lowest BCUT2D eigenvalue weighted by atomic mass is 9.79.